The number of rotatable bonds is 2. The van der Waals surface area contributed by atoms with Crippen LogP contribution in [0.5, 0.6) is 0 Å². The molecule has 12 heavy (non-hydrogen) atoms. The van der Waals surface area contributed by atoms with Crippen molar-refractivity contribution in [3.05, 3.63) is 12.2 Å². The average molecular weight is 169 g/mol. The highest BCUT2D eigenvalue weighted by Crippen LogP contribution is 2.13. The summed E-state index contributed by atoms with van der Waals surface area (Å²) in [4.78, 5) is 2.43. The molecule has 1 aliphatic heterocycles. The highest BCUT2D eigenvalue weighted by atomic mass is 16.5. The summed E-state index contributed by atoms with van der Waals surface area (Å²) >= 11 is 0. The second kappa shape index (κ2) is 4.06. The molecule has 0 amide bonds. The molecule has 0 unspecified atom stereocenters. The minimum absolute atomic E-state index is 0.251. The van der Waals surface area contributed by atoms with Gasteiger partial charge in [0.05, 0.1) is 12.7 Å². The van der Waals surface area contributed by atoms with Crippen LogP contribution in [0.2, 0.25) is 0 Å². The maximum absolute atomic E-state index is 5.58. The monoisotopic (exact) mass is 169 g/mol. The smallest absolute Gasteiger partial charge is 0.0907 e. The van der Waals surface area contributed by atoms with E-state index in [-0.39, 0.29) is 6.10 Å². The fraction of sp³-hybridized carbons (Fsp3) is 0.800. The zero-order valence-corrected chi connectivity index (χ0v) is 8.34. The van der Waals surface area contributed by atoms with Crippen molar-refractivity contribution >= 4 is 0 Å². The fourth-order valence-corrected chi connectivity index (χ4v) is 1.44. The lowest BCUT2D eigenvalue weighted by atomic mass is 10.1. The SMILES string of the molecule is C=C(C)[C@@H]1CN(C(C)C)CCO1. The summed E-state index contributed by atoms with van der Waals surface area (Å²) in [6.45, 7) is 13.3. The topological polar surface area (TPSA) is 12.5 Å². The Hall–Kier alpha value is -0.340. The summed E-state index contributed by atoms with van der Waals surface area (Å²) in [6, 6.07) is 0.621. The Balaban J connectivity index is 2.46. The van der Waals surface area contributed by atoms with Crippen molar-refractivity contribution in [3.63, 3.8) is 0 Å². The molecule has 1 atom stereocenters. The molecule has 1 aliphatic rings. The quantitative estimate of drug-likeness (QED) is 0.583. The molecule has 2 heteroatoms. The first kappa shape index (κ1) is 9.75. The highest BCUT2D eigenvalue weighted by molar-refractivity contribution is 5.00. The third-order valence-electron chi connectivity index (χ3n) is 2.38. The van der Waals surface area contributed by atoms with Crippen molar-refractivity contribution in [1.82, 2.24) is 4.90 Å². The molecule has 0 aliphatic carbocycles. The normalized spacial score (nSPS) is 26.2. The van der Waals surface area contributed by atoms with E-state index in [1.165, 1.54) is 0 Å². The van der Waals surface area contributed by atoms with Gasteiger partial charge in [0.25, 0.3) is 0 Å². The molecule has 70 valence electrons. The predicted octanol–water partition coefficient (Wildman–Crippen LogP) is 1.67. The maximum atomic E-state index is 5.58. The number of ether oxygens (including phenoxy) is 1. The van der Waals surface area contributed by atoms with Gasteiger partial charge in [0.1, 0.15) is 0 Å². The molecule has 0 spiro atoms. The average Bonchev–Trinajstić information content (AvgIpc) is 2.04. The van der Waals surface area contributed by atoms with Crippen LogP contribution in [0.4, 0.5) is 0 Å². The van der Waals surface area contributed by atoms with Crippen LogP contribution in [0.1, 0.15) is 20.8 Å². The van der Waals surface area contributed by atoms with Crippen LogP contribution in [0, 0.1) is 0 Å². The standard InChI is InChI=1S/C10H19NO/c1-8(2)10-7-11(9(3)4)5-6-12-10/h9-10H,1,5-7H2,2-4H3/t10-/m0/s1. The van der Waals surface area contributed by atoms with E-state index in [4.69, 9.17) is 4.74 Å². The van der Waals surface area contributed by atoms with Crippen LogP contribution in [-0.2, 0) is 4.74 Å². The van der Waals surface area contributed by atoms with E-state index >= 15 is 0 Å². The molecule has 0 bridgehead atoms. The van der Waals surface area contributed by atoms with E-state index in [2.05, 4.69) is 25.3 Å². The summed E-state index contributed by atoms with van der Waals surface area (Å²) in [5, 5.41) is 0. The van der Waals surface area contributed by atoms with Crippen molar-refractivity contribution in [1.29, 1.82) is 0 Å². The second-order valence-corrected chi connectivity index (χ2v) is 3.79. The summed E-state index contributed by atoms with van der Waals surface area (Å²) in [5.74, 6) is 0. The van der Waals surface area contributed by atoms with Gasteiger partial charge in [0, 0.05) is 19.1 Å². The molecular formula is C10H19NO. The van der Waals surface area contributed by atoms with Gasteiger partial charge in [-0.3, -0.25) is 4.90 Å². The van der Waals surface area contributed by atoms with Gasteiger partial charge < -0.3 is 4.74 Å². The van der Waals surface area contributed by atoms with Crippen LogP contribution in [-0.4, -0.2) is 36.7 Å². The number of nitrogens with zero attached hydrogens (tertiary/aromatic N) is 1. The predicted molar refractivity (Wildman–Crippen MR) is 51.3 cm³/mol. The molecule has 0 radical (unpaired) electrons. The molecule has 2 nitrogen and oxygen atoms in total. The fourth-order valence-electron chi connectivity index (χ4n) is 1.44. The molecule has 0 aromatic rings. The lowest BCUT2D eigenvalue weighted by molar-refractivity contribution is -0.0200. The molecule has 1 saturated heterocycles. The molecular weight excluding hydrogens is 150 g/mol. The maximum Gasteiger partial charge on any atom is 0.0907 e. The lowest BCUT2D eigenvalue weighted by Gasteiger charge is -2.35. The van der Waals surface area contributed by atoms with E-state index in [0.717, 1.165) is 25.3 Å². The van der Waals surface area contributed by atoms with Gasteiger partial charge in [-0.2, -0.15) is 0 Å². The summed E-state index contributed by atoms with van der Waals surface area (Å²) < 4.78 is 5.58. The van der Waals surface area contributed by atoms with Crippen molar-refractivity contribution in [2.75, 3.05) is 19.7 Å². The highest BCUT2D eigenvalue weighted by Gasteiger charge is 2.21. The zero-order chi connectivity index (χ0) is 9.14. The van der Waals surface area contributed by atoms with E-state index in [9.17, 15) is 0 Å². The van der Waals surface area contributed by atoms with Gasteiger partial charge in [0.2, 0.25) is 0 Å². The zero-order valence-electron chi connectivity index (χ0n) is 8.34. The van der Waals surface area contributed by atoms with E-state index in [1.54, 1.807) is 0 Å². The Kier molecular flexibility index (Phi) is 3.29. The Bertz CT molecular complexity index is 165. The molecule has 0 N–H and O–H groups in total. The Labute approximate surface area is 75.2 Å². The number of hydrogen-bond donors (Lipinski definition) is 0. The van der Waals surface area contributed by atoms with Gasteiger partial charge in [-0.15, -0.1) is 0 Å². The number of morpholine rings is 1. The summed E-state index contributed by atoms with van der Waals surface area (Å²) in [7, 11) is 0. The molecule has 0 aromatic heterocycles. The lowest BCUT2D eigenvalue weighted by Crippen LogP contribution is -2.45. The van der Waals surface area contributed by atoms with Crippen molar-refractivity contribution in [2.45, 2.75) is 32.9 Å². The molecule has 1 heterocycles. The van der Waals surface area contributed by atoms with Crippen LogP contribution in [0.25, 0.3) is 0 Å². The Morgan fingerprint density at radius 2 is 2.25 bits per heavy atom. The second-order valence-electron chi connectivity index (χ2n) is 3.79. The van der Waals surface area contributed by atoms with Crippen LogP contribution < -0.4 is 0 Å². The van der Waals surface area contributed by atoms with Gasteiger partial charge in [-0.1, -0.05) is 12.2 Å². The van der Waals surface area contributed by atoms with Crippen molar-refractivity contribution in [2.24, 2.45) is 0 Å². The Morgan fingerprint density at radius 1 is 1.58 bits per heavy atom. The minimum Gasteiger partial charge on any atom is -0.371 e. The first-order valence-electron chi connectivity index (χ1n) is 4.62. The van der Waals surface area contributed by atoms with Crippen LogP contribution in [0.3, 0.4) is 0 Å². The van der Waals surface area contributed by atoms with Crippen molar-refractivity contribution < 1.29 is 4.74 Å². The van der Waals surface area contributed by atoms with Crippen LogP contribution >= 0.6 is 0 Å². The van der Waals surface area contributed by atoms with E-state index < -0.39 is 0 Å². The van der Waals surface area contributed by atoms with Crippen molar-refractivity contribution in [3.8, 4) is 0 Å². The summed E-state index contributed by atoms with van der Waals surface area (Å²) in [6.07, 6.45) is 0.251. The summed E-state index contributed by atoms with van der Waals surface area (Å²) in [5.41, 5.74) is 1.14. The van der Waals surface area contributed by atoms with E-state index in [1.807, 2.05) is 6.92 Å². The first-order valence-corrected chi connectivity index (χ1v) is 4.62. The van der Waals surface area contributed by atoms with E-state index in [0.29, 0.717) is 6.04 Å². The minimum atomic E-state index is 0.251. The van der Waals surface area contributed by atoms with Crippen LogP contribution in [0.15, 0.2) is 12.2 Å². The van der Waals surface area contributed by atoms with Gasteiger partial charge >= 0.3 is 0 Å². The molecule has 0 aromatic carbocycles. The van der Waals surface area contributed by atoms with Gasteiger partial charge in [-0.05, 0) is 20.8 Å². The van der Waals surface area contributed by atoms with Gasteiger partial charge in [0.15, 0.2) is 0 Å². The number of hydrogen-bond acceptors (Lipinski definition) is 2. The largest absolute Gasteiger partial charge is 0.371 e. The Morgan fingerprint density at radius 3 is 2.75 bits per heavy atom. The third-order valence-corrected chi connectivity index (χ3v) is 2.38. The van der Waals surface area contributed by atoms with Gasteiger partial charge in [-0.25, -0.2) is 0 Å². The molecule has 1 rings (SSSR count). The molecule has 1 fully saturated rings. The molecule has 0 saturated carbocycles. The third kappa shape index (κ3) is 2.32. The first-order chi connectivity index (χ1) is 5.61.